The van der Waals surface area contributed by atoms with Crippen LogP contribution >= 0.6 is 15.9 Å². The molecule has 1 fully saturated rings. The Morgan fingerprint density at radius 2 is 1.64 bits per heavy atom. The molecule has 0 bridgehead atoms. The number of carbonyl (C=O) groups is 2. The van der Waals surface area contributed by atoms with Crippen LogP contribution in [0.25, 0.3) is 0 Å². The summed E-state index contributed by atoms with van der Waals surface area (Å²) in [6.45, 7) is 0.295. The normalized spacial score (nSPS) is 17.7. The van der Waals surface area contributed by atoms with Crippen LogP contribution in [0.2, 0.25) is 0 Å². The maximum absolute atomic E-state index is 12.4. The molecular formula is C17H15BrN2O2. The predicted octanol–water partition coefficient (Wildman–Crippen LogP) is 3.11. The first-order chi connectivity index (χ1) is 10.6. The topological polar surface area (TPSA) is 49.4 Å². The number of rotatable bonds is 4. The Bertz CT molecular complexity index is 686. The molecule has 4 nitrogen and oxygen atoms in total. The molecule has 2 aromatic carbocycles. The van der Waals surface area contributed by atoms with Gasteiger partial charge in [0, 0.05) is 10.9 Å². The monoisotopic (exact) mass is 358 g/mol. The minimum atomic E-state index is -0.481. The third-order valence-corrected chi connectivity index (χ3v) is 4.17. The minimum Gasteiger partial charge on any atom is -0.325 e. The number of imide groups is 1. The van der Waals surface area contributed by atoms with Gasteiger partial charge >= 0.3 is 6.03 Å². The highest BCUT2D eigenvalue weighted by Crippen LogP contribution is 2.17. The lowest BCUT2D eigenvalue weighted by Crippen LogP contribution is -2.32. The summed E-state index contributed by atoms with van der Waals surface area (Å²) in [5.74, 6) is -0.170. The van der Waals surface area contributed by atoms with E-state index in [0.717, 1.165) is 15.6 Å². The van der Waals surface area contributed by atoms with Crippen molar-refractivity contribution in [1.82, 2.24) is 10.2 Å². The summed E-state index contributed by atoms with van der Waals surface area (Å²) >= 11 is 3.37. The summed E-state index contributed by atoms with van der Waals surface area (Å²) < 4.78 is 0.968. The van der Waals surface area contributed by atoms with Crippen molar-refractivity contribution >= 4 is 27.9 Å². The lowest BCUT2D eigenvalue weighted by Gasteiger charge is -2.13. The van der Waals surface area contributed by atoms with Crippen LogP contribution in [0.1, 0.15) is 11.1 Å². The second-order valence-corrected chi connectivity index (χ2v) is 6.16. The standard InChI is InChI=1S/C17H15BrN2O2/c18-14-8-6-13(7-9-14)11-20-16(21)15(19-17(20)22)10-12-4-2-1-3-5-12/h1-9,15H,10-11H2,(H,19,22)/t15-/m0/s1. The number of benzene rings is 2. The van der Waals surface area contributed by atoms with Crippen molar-refractivity contribution < 1.29 is 9.59 Å². The molecule has 0 saturated carbocycles. The number of carbonyl (C=O) groups excluding carboxylic acids is 2. The van der Waals surface area contributed by atoms with Gasteiger partial charge in [0.2, 0.25) is 0 Å². The number of urea groups is 1. The number of hydrogen-bond donors (Lipinski definition) is 1. The Morgan fingerprint density at radius 3 is 2.32 bits per heavy atom. The summed E-state index contributed by atoms with van der Waals surface area (Å²) in [5, 5.41) is 2.76. The third kappa shape index (κ3) is 3.20. The molecule has 0 radical (unpaired) electrons. The van der Waals surface area contributed by atoms with Gasteiger partial charge in [0.1, 0.15) is 6.04 Å². The quantitative estimate of drug-likeness (QED) is 0.853. The Morgan fingerprint density at radius 1 is 0.955 bits per heavy atom. The van der Waals surface area contributed by atoms with Gasteiger partial charge < -0.3 is 5.32 Å². The van der Waals surface area contributed by atoms with Gasteiger partial charge in [0.15, 0.2) is 0 Å². The Hall–Kier alpha value is -2.14. The molecule has 2 aromatic rings. The largest absolute Gasteiger partial charge is 0.325 e. The first kappa shape index (κ1) is 14.8. The van der Waals surface area contributed by atoms with Gasteiger partial charge in [-0.05, 0) is 23.3 Å². The average Bonchev–Trinajstić information content (AvgIpc) is 2.78. The number of amides is 3. The molecule has 1 aliphatic rings. The van der Waals surface area contributed by atoms with Crippen LogP contribution < -0.4 is 5.32 Å². The number of hydrogen-bond acceptors (Lipinski definition) is 2. The van der Waals surface area contributed by atoms with Crippen LogP contribution in [0, 0.1) is 0 Å². The van der Waals surface area contributed by atoms with E-state index in [4.69, 9.17) is 0 Å². The van der Waals surface area contributed by atoms with Gasteiger partial charge in [-0.25, -0.2) is 4.79 Å². The number of nitrogens with zero attached hydrogens (tertiary/aromatic N) is 1. The zero-order chi connectivity index (χ0) is 15.5. The molecule has 3 amide bonds. The molecule has 1 atom stereocenters. The smallest absolute Gasteiger partial charge is 0.325 e. The van der Waals surface area contributed by atoms with Gasteiger partial charge in [-0.1, -0.05) is 58.4 Å². The predicted molar refractivity (Wildman–Crippen MR) is 87.2 cm³/mol. The molecule has 1 N–H and O–H groups in total. The summed E-state index contributed by atoms with van der Waals surface area (Å²) in [7, 11) is 0. The van der Waals surface area contributed by atoms with Crippen LogP contribution in [0.5, 0.6) is 0 Å². The molecule has 0 unspecified atom stereocenters. The summed E-state index contributed by atoms with van der Waals surface area (Å²) in [4.78, 5) is 25.7. The second kappa shape index (κ2) is 6.32. The van der Waals surface area contributed by atoms with Crippen molar-refractivity contribution in [3.63, 3.8) is 0 Å². The van der Waals surface area contributed by atoms with Gasteiger partial charge in [-0.3, -0.25) is 9.69 Å². The second-order valence-electron chi connectivity index (χ2n) is 5.24. The van der Waals surface area contributed by atoms with Crippen molar-refractivity contribution in [2.24, 2.45) is 0 Å². The van der Waals surface area contributed by atoms with Crippen LogP contribution in [0.3, 0.4) is 0 Å². The van der Waals surface area contributed by atoms with E-state index in [1.165, 1.54) is 4.90 Å². The van der Waals surface area contributed by atoms with Crippen LogP contribution in [-0.2, 0) is 17.8 Å². The molecule has 1 heterocycles. The molecule has 1 saturated heterocycles. The van der Waals surface area contributed by atoms with E-state index < -0.39 is 6.04 Å². The van der Waals surface area contributed by atoms with E-state index in [-0.39, 0.29) is 11.9 Å². The summed E-state index contributed by atoms with van der Waals surface area (Å²) in [6.07, 6.45) is 0.516. The molecule has 22 heavy (non-hydrogen) atoms. The maximum atomic E-state index is 12.4. The molecule has 3 rings (SSSR count). The highest BCUT2D eigenvalue weighted by Gasteiger charge is 2.37. The zero-order valence-corrected chi connectivity index (χ0v) is 13.4. The average molecular weight is 359 g/mol. The van der Waals surface area contributed by atoms with Gasteiger partial charge in [-0.2, -0.15) is 0 Å². The van der Waals surface area contributed by atoms with E-state index >= 15 is 0 Å². The highest BCUT2D eigenvalue weighted by molar-refractivity contribution is 9.10. The lowest BCUT2D eigenvalue weighted by molar-refractivity contribution is -0.127. The highest BCUT2D eigenvalue weighted by atomic mass is 79.9. The summed E-state index contributed by atoms with van der Waals surface area (Å²) in [5.41, 5.74) is 1.96. The van der Waals surface area contributed by atoms with Crippen molar-refractivity contribution in [1.29, 1.82) is 0 Å². The van der Waals surface area contributed by atoms with Crippen LogP contribution in [-0.4, -0.2) is 22.9 Å². The molecule has 0 aliphatic carbocycles. The van der Waals surface area contributed by atoms with Crippen molar-refractivity contribution in [3.8, 4) is 0 Å². The zero-order valence-electron chi connectivity index (χ0n) is 11.8. The van der Waals surface area contributed by atoms with Crippen LogP contribution in [0.15, 0.2) is 59.1 Å². The Kier molecular flexibility index (Phi) is 4.24. The van der Waals surface area contributed by atoms with E-state index in [2.05, 4.69) is 21.2 Å². The molecule has 0 aromatic heterocycles. The van der Waals surface area contributed by atoms with Gasteiger partial charge in [-0.15, -0.1) is 0 Å². The molecule has 5 heteroatoms. The molecule has 0 spiro atoms. The fourth-order valence-corrected chi connectivity index (χ4v) is 2.75. The van der Waals surface area contributed by atoms with Gasteiger partial charge in [0.05, 0.1) is 6.54 Å². The molecule has 1 aliphatic heterocycles. The maximum Gasteiger partial charge on any atom is 0.325 e. The summed E-state index contributed by atoms with van der Waals surface area (Å²) in [6, 6.07) is 16.5. The minimum absolute atomic E-state index is 0.170. The van der Waals surface area contributed by atoms with Crippen molar-refractivity contribution in [3.05, 3.63) is 70.2 Å². The number of nitrogens with one attached hydrogen (secondary N) is 1. The number of halogens is 1. The molecule has 112 valence electrons. The first-order valence-corrected chi connectivity index (χ1v) is 7.83. The van der Waals surface area contributed by atoms with Crippen LogP contribution in [0.4, 0.5) is 4.79 Å². The first-order valence-electron chi connectivity index (χ1n) is 7.04. The fourth-order valence-electron chi connectivity index (χ4n) is 2.49. The molecular weight excluding hydrogens is 344 g/mol. The van der Waals surface area contributed by atoms with Gasteiger partial charge in [0.25, 0.3) is 5.91 Å². The van der Waals surface area contributed by atoms with E-state index in [0.29, 0.717) is 13.0 Å². The lowest BCUT2D eigenvalue weighted by atomic mass is 10.1. The van der Waals surface area contributed by atoms with E-state index in [1.54, 1.807) is 0 Å². The Labute approximate surface area is 137 Å². The van der Waals surface area contributed by atoms with E-state index in [1.807, 2.05) is 54.6 Å². The third-order valence-electron chi connectivity index (χ3n) is 3.64. The SMILES string of the molecule is O=C1N[C@@H](Cc2ccccc2)C(=O)N1Cc1ccc(Br)cc1. The van der Waals surface area contributed by atoms with E-state index in [9.17, 15) is 9.59 Å². The Balaban J connectivity index is 1.70. The van der Waals surface area contributed by atoms with Crippen molar-refractivity contribution in [2.75, 3.05) is 0 Å². The fraction of sp³-hybridized carbons (Fsp3) is 0.176. The van der Waals surface area contributed by atoms with Crippen molar-refractivity contribution in [2.45, 2.75) is 19.0 Å².